The van der Waals surface area contributed by atoms with E-state index in [-0.39, 0.29) is 5.91 Å². The molecule has 1 fully saturated rings. The molecule has 1 aliphatic rings. The summed E-state index contributed by atoms with van der Waals surface area (Å²) < 4.78 is 7.24. The normalized spacial score (nSPS) is 16.1. The first-order valence-electron chi connectivity index (χ1n) is 10.1. The Bertz CT molecular complexity index is 975. The average Bonchev–Trinajstić information content (AvgIpc) is 3.37. The summed E-state index contributed by atoms with van der Waals surface area (Å²) in [4.78, 5) is 15.4. The molecule has 0 radical (unpaired) electrons. The molecule has 0 saturated carbocycles. The van der Waals surface area contributed by atoms with Crippen LogP contribution in [0.25, 0.3) is 11.1 Å². The SMILES string of the molecule is Cc1cc(C(=O)N(Cc2ccccc2-c2ccccc2)CC2CCOC2)n(C)n1. The molecular weight excluding hydrogens is 362 g/mol. The molecule has 0 aliphatic carbocycles. The highest BCUT2D eigenvalue weighted by Gasteiger charge is 2.26. The number of ether oxygens (including phenoxy) is 1. The zero-order chi connectivity index (χ0) is 20.2. The Balaban J connectivity index is 1.65. The van der Waals surface area contributed by atoms with Gasteiger partial charge in [-0.2, -0.15) is 5.10 Å². The number of carbonyl (C=O) groups excluding carboxylic acids is 1. The Morgan fingerprint density at radius 2 is 1.93 bits per heavy atom. The highest BCUT2D eigenvalue weighted by molar-refractivity contribution is 5.92. The number of amides is 1. The van der Waals surface area contributed by atoms with Gasteiger partial charge in [-0.25, -0.2) is 0 Å². The van der Waals surface area contributed by atoms with Crippen LogP contribution in [0.1, 0.15) is 28.2 Å². The summed E-state index contributed by atoms with van der Waals surface area (Å²) in [6.07, 6.45) is 0.995. The van der Waals surface area contributed by atoms with Crippen molar-refractivity contribution < 1.29 is 9.53 Å². The molecule has 1 aliphatic heterocycles. The molecule has 1 saturated heterocycles. The average molecular weight is 389 g/mol. The van der Waals surface area contributed by atoms with Gasteiger partial charge in [0, 0.05) is 32.7 Å². The van der Waals surface area contributed by atoms with Gasteiger partial charge in [0.25, 0.3) is 5.91 Å². The highest BCUT2D eigenvalue weighted by Crippen LogP contribution is 2.26. The van der Waals surface area contributed by atoms with Crippen LogP contribution in [0.15, 0.2) is 60.7 Å². The van der Waals surface area contributed by atoms with E-state index >= 15 is 0 Å². The molecule has 1 unspecified atom stereocenters. The smallest absolute Gasteiger partial charge is 0.272 e. The van der Waals surface area contributed by atoms with Gasteiger partial charge >= 0.3 is 0 Å². The van der Waals surface area contributed by atoms with Crippen molar-refractivity contribution in [2.24, 2.45) is 13.0 Å². The maximum atomic E-state index is 13.4. The van der Waals surface area contributed by atoms with Gasteiger partial charge in [-0.05, 0) is 36.1 Å². The zero-order valence-electron chi connectivity index (χ0n) is 17.0. The van der Waals surface area contributed by atoms with E-state index in [1.807, 2.05) is 55.3 Å². The predicted molar refractivity (Wildman–Crippen MR) is 113 cm³/mol. The molecule has 5 nitrogen and oxygen atoms in total. The van der Waals surface area contributed by atoms with E-state index in [9.17, 15) is 4.79 Å². The molecule has 150 valence electrons. The number of aryl methyl sites for hydroxylation is 2. The lowest BCUT2D eigenvalue weighted by molar-refractivity contribution is 0.0695. The van der Waals surface area contributed by atoms with E-state index in [0.29, 0.717) is 31.3 Å². The van der Waals surface area contributed by atoms with Crippen LogP contribution in [0.4, 0.5) is 0 Å². The molecular formula is C24H27N3O2. The van der Waals surface area contributed by atoms with E-state index in [1.54, 1.807) is 4.68 Å². The van der Waals surface area contributed by atoms with Crippen molar-refractivity contribution in [3.8, 4) is 11.1 Å². The van der Waals surface area contributed by atoms with Gasteiger partial charge in [-0.3, -0.25) is 9.48 Å². The summed E-state index contributed by atoms with van der Waals surface area (Å²) in [6.45, 7) is 4.65. The van der Waals surface area contributed by atoms with Crippen molar-refractivity contribution in [3.63, 3.8) is 0 Å². The maximum absolute atomic E-state index is 13.4. The number of carbonyl (C=O) groups is 1. The molecule has 5 heteroatoms. The monoisotopic (exact) mass is 389 g/mol. The van der Waals surface area contributed by atoms with E-state index < -0.39 is 0 Å². The Morgan fingerprint density at radius 1 is 1.17 bits per heavy atom. The molecule has 29 heavy (non-hydrogen) atoms. The van der Waals surface area contributed by atoms with Gasteiger partial charge < -0.3 is 9.64 Å². The maximum Gasteiger partial charge on any atom is 0.272 e. The van der Waals surface area contributed by atoms with Gasteiger partial charge in [0.05, 0.1) is 12.3 Å². The number of hydrogen-bond donors (Lipinski definition) is 0. The standard InChI is InChI=1S/C24H27N3O2/c1-18-14-23(26(2)25-18)24(28)27(15-19-12-13-29-17-19)16-21-10-6-7-11-22(21)20-8-4-3-5-9-20/h3-11,14,19H,12-13,15-17H2,1-2H3. The van der Waals surface area contributed by atoms with Crippen LogP contribution >= 0.6 is 0 Å². The Hall–Kier alpha value is -2.92. The van der Waals surface area contributed by atoms with Crippen LogP contribution < -0.4 is 0 Å². The number of hydrogen-bond acceptors (Lipinski definition) is 3. The zero-order valence-corrected chi connectivity index (χ0v) is 17.0. The van der Waals surface area contributed by atoms with E-state index in [2.05, 4.69) is 29.4 Å². The number of aromatic nitrogens is 2. The molecule has 0 N–H and O–H groups in total. The van der Waals surface area contributed by atoms with Crippen LogP contribution in [0.2, 0.25) is 0 Å². The fourth-order valence-corrected chi connectivity index (χ4v) is 3.99. The van der Waals surface area contributed by atoms with Crippen LogP contribution in [-0.2, 0) is 18.3 Å². The van der Waals surface area contributed by atoms with Crippen molar-refractivity contribution in [2.45, 2.75) is 19.9 Å². The third kappa shape index (κ3) is 4.40. The summed E-state index contributed by atoms with van der Waals surface area (Å²) >= 11 is 0. The van der Waals surface area contributed by atoms with Crippen molar-refractivity contribution in [1.82, 2.24) is 14.7 Å². The molecule has 3 aromatic rings. The number of nitrogens with zero attached hydrogens (tertiary/aromatic N) is 3. The summed E-state index contributed by atoms with van der Waals surface area (Å²) in [7, 11) is 1.83. The minimum Gasteiger partial charge on any atom is -0.381 e. The van der Waals surface area contributed by atoms with Crippen LogP contribution in [-0.4, -0.2) is 40.3 Å². The first kappa shape index (κ1) is 19.4. The molecule has 1 atom stereocenters. The fraction of sp³-hybridized carbons (Fsp3) is 0.333. The van der Waals surface area contributed by atoms with Crippen molar-refractivity contribution >= 4 is 5.91 Å². The van der Waals surface area contributed by atoms with Gasteiger partial charge in [0.15, 0.2) is 0 Å². The molecule has 2 heterocycles. The molecule has 1 amide bonds. The second-order valence-corrected chi connectivity index (χ2v) is 7.73. The Labute approximate surface area is 171 Å². The van der Waals surface area contributed by atoms with Gasteiger partial charge in [0.2, 0.25) is 0 Å². The van der Waals surface area contributed by atoms with Crippen molar-refractivity contribution in [2.75, 3.05) is 19.8 Å². The lowest BCUT2D eigenvalue weighted by Gasteiger charge is -2.26. The number of benzene rings is 2. The quantitative estimate of drug-likeness (QED) is 0.638. The van der Waals surface area contributed by atoms with Crippen LogP contribution in [0.3, 0.4) is 0 Å². The van der Waals surface area contributed by atoms with Crippen LogP contribution in [0.5, 0.6) is 0 Å². The topological polar surface area (TPSA) is 47.4 Å². The first-order valence-corrected chi connectivity index (χ1v) is 10.1. The van der Waals surface area contributed by atoms with Crippen molar-refractivity contribution in [3.05, 3.63) is 77.6 Å². The lowest BCUT2D eigenvalue weighted by atomic mass is 9.98. The third-order valence-corrected chi connectivity index (χ3v) is 5.47. The molecule has 2 aromatic carbocycles. The second kappa shape index (κ2) is 8.62. The summed E-state index contributed by atoms with van der Waals surface area (Å²) in [5.41, 5.74) is 4.94. The number of rotatable bonds is 6. The summed E-state index contributed by atoms with van der Waals surface area (Å²) in [5.74, 6) is 0.389. The third-order valence-electron chi connectivity index (χ3n) is 5.47. The first-order chi connectivity index (χ1) is 14.1. The van der Waals surface area contributed by atoms with E-state index in [0.717, 1.165) is 35.4 Å². The second-order valence-electron chi connectivity index (χ2n) is 7.73. The molecule has 4 rings (SSSR count). The molecule has 1 aromatic heterocycles. The Morgan fingerprint density at radius 3 is 2.62 bits per heavy atom. The molecule has 0 spiro atoms. The Kier molecular flexibility index (Phi) is 5.76. The summed E-state index contributed by atoms with van der Waals surface area (Å²) in [6, 6.07) is 20.5. The molecule has 0 bridgehead atoms. The van der Waals surface area contributed by atoms with Gasteiger partial charge in [-0.1, -0.05) is 54.6 Å². The van der Waals surface area contributed by atoms with Gasteiger partial charge in [0.1, 0.15) is 5.69 Å². The minimum atomic E-state index is 0.0165. The predicted octanol–water partition coefficient (Wildman–Crippen LogP) is 4.07. The highest BCUT2D eigenvalue weighted by atomic mass is 16.5. The fourth-order valence-electron chi connectivity index (χ4n) is 3.99. The summed E-state index contributed by atoms with van der Waals surface area (Å²) in [5, 5.41) is 4.36. The van der Waals surface area contributed by atoms with Gasteiger partial charge in [-0.15, -0.1) is 0 Å². The van der Waals surface area contributed by atoms with Crippen molar-refractivity contribution in [1.29, 1.82) is 0 Å². The minimum absolute atomic E-state index is 0.0165. The van der Waals surface area contributed by atoms with E-state index in [4.69, 9.17) is 4.74 Å². The van der Waals surface area contributed by atoms with E-state index in [1.165, 1.54) is 0 Å². The largest absolute Gasteiger partial charge is 0.381 e. The lowest BCUT2D eigenvalue weighted by Crippen LogP contribution is -2.36. The van der Waals surface area contributed by atoms with Crippen LogP contribution in [0, 0.1) is 12.8 Å².